The number of hydrogen-bond acceptors (Lipinski definition) is 1. The smallest absolute Gasteiger partial charge is 0.174 e. The minimum absolute atomic E-state index is 0.0635. The molecule has 0 aliphatic rings. The zero-order chi connectivity index (χ0) is 16.8. The van der Waals surface area contributed by atoms with Crippen LogP contribution in [0.15, 0.2) is 103 Å². The van der Waals surface area contributed by atoms with Crippen molar-refractivity contribution in [1.82, 2.24) is 0 Å². The van der Waals surface area contributed by atoms with Crippen molar-refractivity contribution in [3.05, 3.63) is 120 Å². The number of rotatable bonds is 5. The van der Waals surface area contributed by atoms with Gasteiger partial charge in [-0.05, 0) is 29.7 Å². The minimum atomic E-state index is -0.837. The Morgan fingerprint density at radius 2 is 1.00 bits per heavy atom. The van der Waals surface area contributed by atoms with Gasteiger partial charge in [-0.2, -0.15) is 0 Å². The van der Waals surface area contributed by atoms with E-state index < -0.39 is 5.41 Å². The van der Waals surface area contributed by atoms with Gasteiger partial charge in [0.15, 0.2) is 5.78 Å². The van der Waals surface area contributed by atoms with Crippen LogP contribution in [0.25, 0.3) is 0 Å². The topological polar surface area (TPSA) is 17.1 Å². The van der Waals surface area contributed by atoms with E-state index in [1.807, 2.05) is 104 Å². The Balaban J connectivity index is 2.39. The molecule has 0 bridgehead atoms. The van der Waals surface area contributed by atoms with Gasteiger partial charge in [0.05, 0.1) is 0 Å². The standard InChI is InChI=1S/C23H20O/c1-2-12-22(24)23(19-13-6-3-7-14-19,20-15-8-4-9-16-20)21-17-10-5-11-18-21/h2-18H,1H3/b12-2+. The Labute approximate surface area is 143 Å². The maximum atomic E-state index is 13.4. The number of benzene rings is 3. The van der Waals surface area contributed by atoms with Gasteiger partial charge in [0.2, 0.25) is 0 Å². The normalized spacial score (nSPS) is 11.5. The molecule has 0 aromatic heterocycles. The van der Waals surface area contributed by atoms with Crippen LogP contribution in [0.3, 0.4) is 0 Å². The maximum Gasteiger partial charge on any atom is 0.174 e. The molecule has 3 rings (SSSR count). The lowest BCUT2D eigenvalue weighted by Gasteiger charge is -2.33. The van der Waals surface area contributed by atoms with Gasteiger partial charge in [-0.25, -0.2) is 0 Å². The summed E-state index contributed by atoms with van der Waals surface area (Å²) in [5.41, 5.74) is 2.09. The summed E-state index contributed by atoms with van der Waals surface area (Å²) < 4.78 is 0. The van der Waals surface area contributed by atoms with E-state index in [4.69, 9.17) is 0 Å². The van der Waals surface area contributed by atoms with Crippen LogP contribution in [0, 0.1) is 0 Å². The van der Waals surface area contributed by atoms with Crippen LogP contribution in [-0.4, -0.2) is 5.78 Å². The summed E-state index contributed by atoms with van der Waals surface area (Å²) >= 11 is 0. The third kappa shape index (κ3) is 2.69. The highest BCUT2D eigenvalue weighted by Crippen LogP contribution is 2.40. The Morgan fingerprint density at radius 3 is 1.29 bits per heavy atom. The predicted molar refractivity (Wildman–Crippen MR) is 99.0 cm³/mol. The monoisotopic (exact) mass is 312 g/mol. The summed E-state index contributed by atoms with van der Waals surface area (Å²) in [6.07, 6.45) is 3.49. The summed E-state index contributed by atoms with van der Waals surface area (Å²) in [6, 6.07) is 30.0. The molecule has 0 heterocycles. The molecule has 1 heteroatoms. The van der Waals surface area contributed by atoms with Gasteiger partial charge < -0.3 is 0 Å². The lowest BCUT2D eigenvalue weighted by molar-refractivity contribution is -0.117. The van der Waals surface area contributed by atoms with Gasteiger partial charge in [0, 0.05) is 0 Å². The van der Waals surface area contributed by atoms with Gasteiger partial charge in [-0.3, -0.25) is 4.79 Å². The van der Waals surface area contributed by atoms with Crippen molar-refractivity contribution in [2.75, 3.05) is 0 Å². The molecule has 1 nitrogen and oxygen atoms in total. The van der Waals surface area contributed by atoms with E-state index in [2.05, 4.69) is 0 Å². The largest absolute Gasteiger partial charge is 0.293 e. The predicted octanol–water partition coefficient (Wildman–Crippen LogP) is 5.17. The van der Waals surface area contributed by atoms with Gasteiger partial charge in [-0.1, -0.05) is 97.1 Å². The van der Waals surface area contributed by atoms with Crippen molar-refractivity contribution < 1.29 is 4.79 Å². The lowest BCUT2D eigenvalue weighted by Crippen LogP contribution is -2.37. The number of carbonyl (C=O) groups is 1. The first-order valence-corrected chi connectivity index (χ1v) is 8.14. The Kier molecular flexibility index (Phi) is 4.72. The van der Waals surface area contributed by atoms with E-state index in [0.29, 0.717) is 0 Å². The summed E-state index contributed by atoms with van der Waals surface area (Å²) in [7, 11) is 0. The zero-order valence-electron chi connectivity index (χ0n) is 13.7. The van der Waals surface area contributed by atoms with Crippen LogP contribution >= 0.6 is 0 Å². The fraction of sp³-hybridized carbons (Fsp3) is 0.0870. The van der Waals surface area contributed by atoms with Crippen LogP contribution in [0.1, 0.15) is 23.6 Å². The summed E-state index contributed by atoms with van der Waals surface area (Å²) in [4.78, 5) is 13.4. The van der Waals surface area contributed by atoms with Crippen molar-refractivity contribution in [3.8, 4) is 0 Å². The lowest BCUT2D eigenvalue weighted by atomic mass is 9.66. The molecule has 0 fully saturated rings. The molecule has 24 heavy (non-hydrogen) atoms. The Hall–Kier alpha value is -2.93. The van der Waals surface area contributed by atoms with E-state index in [9.17, 15) is 4.79 Å². The number of allylic oxidation sites excluding steroid dienone is 2. The summed E-state index contributed by atoms with van der Waals surface area (Å²) in [5, 5.41) is 0. The van der Waals surface area contributed by atoms with E-state index in [1.54, 1.807) is 6.08 Å². The molecule has 0 spiro atoms. The SMILES string of the molecule is C/C=C/C(=O)C(c1ccccc1)(c1ccccc1)c1ccccc1. The number of hydrogen-bond donors (Lipinski definition) is 0. The van der Waals surface area contributed by atoms with Gasteiger partial charge in [0.25, 0.3) is 0 Å². The van der Waals surface area contributed by atoms with Gasteiger partial charge >= 0.3 is 0 Å². The van der Waals surface area contributed by atoms with Crippen molar-refractivity contribution in [3.63, 3.8) is 0 Å². The quantitative estimate of drug-likeness (QED) is 0.469. The second kappa shape index (κ2) is 7.10. The number of ketones is 1. The molecule has 0 aliphatic carbocycles. The van der Waals surface area contributed by atoms with Crippen LogP contribution in [0.2, 0.25) is 0 Å². The highest BCUT2D eigenvalue weighted by molar-refractivity contribution is 6.04. The minimum Gasteiger partial charge on any atom is -0.293 e. The molecule has 0 N–H and O–H groups in total. The van der Waals surface area contributed by atoms with Crippen LogP contribution < -0.4 is 0 Å². The second-order valence-corrected chi connectivity index (χ2v) is 5.71. The van der Waals surface area contributed by atoms with E-state index in [1.165, 1.54) is 0 Å². The average Bonchev–Trinajstić information content (AvgIpc) is 2.65. The molecule has 3 aromatic rings. The molecule has 0 radical (unpaired) electrons. The van der Waals surface area contributed by atoms with Crippen LogP contribution in [0.5, 0.6) is 0 Å². The zero-order valence-corrected chi connectivity index (χ0v) is 13.7. The fourth-order valence-corrected chi connectivity index (χ4v) is 3.27. The number of carbonyl (C=O) groups excluding carboxylic acids is 1. The molecule has 0 saturated heterocycles. The molecule has 0 amide bonds. The van der Waals surface area contributed by atoms with Gasteiger partial charge in [0.1, 0.15) is 5.41 Å². The first-order chi connectivity index (χ1) is 11.8. The van der Waals surface area contributed by atoms with Gasteiger partial charge in [-0.15, -0.1) is 0 Å². The first-order valence-electron chi connectivity index (χ1n) is 8.14. The second-order valence-electron chi connectivity index (χ2n) is 5.71. The van der Waals surface area contributed by atoms with E-state index in [-0.39, 0.29) is 5.78 Å². The Bertz CT molecular complexity index is 721. The van der Waals surface area contributed by atoms with Crippen LogP contribution in [-0.2, 0) is 10.2 Å². The fourth-order valence-electron chi connectivity index (χ4n) is 3.27. The highest BCUT2D eigenvalue weighted by atomic mass is 16.1. The third-order valence-corrected chi connectivity index (χ3v) is 4.31. The maximum absolute atomic E-state index is 13.4. The molecule has 0 unspecified atom stereocenters. The summed E-state index contributed by atoms with van der Waals surface area (Å²) in [5.74, 6) is 0.0635. The highest BCUT2D eigenvalue weighted by Gasteiger charge is 2.41. The van der Waals surface area contributed by atoms with E-state index >= 15 is 0 Å². The van der Waals surface area contributed by atoms with Crippen molar-refractivity contribution in [2.24, 2.45) is 0 Å². The first kappa shape index (κ1) is 15.9. The van der Waals surface area contributed by atoms with Crippen LogP contribution in [0.4, 0.5) is 0 Å². The Morgan fingerprint density at radius 1 is 0.667 bits per heavy atom. The third-order valence-electron chi connectivity index (χ3n) is 4.31. The van der Waals surface area contributed by atoms with E-state index in [0.717, 1.165) is 16.7 Å². The van der Waals surface area contributed by atoms with Crippen molar-refractivity contribution >= 4 is 5.78 Å². The molecule has 0 atom stereocenters. The molecular formula is C23H20O. The average molecular weight is 312 g/mol. The molecule has 3 aromatic carbocycles. The molecule has 0 saturated carbocycles. The molecule has 0 aliphatic heterocycles. The summed E-state index contributed by atoms with van der Waals surface area (Å²) in [6.45, 7) is 1.88. The van der Waals surface area contributed by atoms with Crippen molar-refractivity contribution in [1.29, 1.82) is 0 Å². The van der Waals surface area contributed by atoms with Crippen molar-refractivity contribution in [2.45, 2.75) is 12.3 Å². The molecular weight excluding hydrogens is 292 g/mol. The molecule has 118 valence electrons.